The van der Waals surface area contributed by atoms with Gasteiger partial charge in [0, 0.05) is 28.7 Å². The van der Waals surface area contributed by atoms with Gasteiger partial charge in [0.2, 0.25) is 0 Å². The summed E-state index contributed by atoms with van der Waals surface area (Å²) in [6.45, 7) is 5.33. The molecule has 0 aliphatic carbocycles. The van der Waals surface area contributed by atoms with Gasteiger partial charge in [-0.15, -0.1) is 0 Å². The molecule has 0 aliphatic heterocycles. The van der Waals surface area contributed by atoms with Crippen LogP contribution in [0.3, 0.4) is 0 Å². The van der Waals surface area contributed by atoms with Crippen LogP contribution in [-0.4, -0.2) is 15.1 Å². The summed E-state index contributed by atoms with van der Waals surface area (Å²) in [5, 5.41) is 13.0. The minimum Gasteiger partial charge on any atom is -0.505 e. The minimum atomic E-state index is 0.176. The number of aromatic hydroxyl groups is 1. The quantitative estimate of drug-likeness (QED) is 0.313. The van der Waals surface area contributed by atoms with Gasteiger partial charge in [0.15, 0.2) is 0 Å². The van der Waals surface area contributed by atoms with Crippen molar-refractivity contribution in [1.82, 2.24) is 9.97 Å². The normalized spacial score (nSPS) is 11.5. The molecule has 0 atom stereocenters. The van der Waals surface area contributed by atoms with Gasteiger partial charge in [-0.1, -0.05) is 62.4 Å². The molecule has 2 aromatic heterocycles. The summed E-state index contributed by atoms with van der Waals surface area (Å²) < 4.78 is 6.11. The highest BCUT2D eigenvalue weighted by Gasteiger charge is 2.16. The number of rotatable bonds is 6. The fraction of sp³-hybridized carbons (Fsp3) is 0.172. The Balaban J connectivity index is 1.50. The van der Waals surface area contributed by atoms with E-state index >= 15 is 0 Å². The van der Waals surface area contributed by atoms with Crippen molar-refractivity contribution < 1.29 is 9.84 Å². The number of ether oxygens (including phenoxy) is 1. The molecule has 0 spiro atoms. The van der Waals surface area contributed by atoms with Crippen LogP contribution in [0.15, 0.2) is 85.2 Å². The van der Waals surface area contributed by atoms with Crippen LogP contribution >= 0.6 is 0 Å². The van der Waals surface area contributed by atoms with E-state index in [2.05, 4.69) is 48.1 Å². The standard InChI is InChI=1S/C29H26N2O2/c1-19(2)21-11-9-20(10-12-21)17-33-18-22-16-26(29(32)28-23(22)7-5-14-31-28)24-13-15-30-27-8-4-3-6-25(24)27/h3-16,19,32H,17-18H2,1-2H3. The van der Waals surface area contributed by atoms with E-state index in [-0.39, 0.29) is 5.75 Å². The second-order valence-corrected chi connectivity index (χ2v) is 8.60. The maximum absolute atomic E-state index is 11.1. The van der Waals surface area contributed by atoms with Crippen molar-refractivity contribution in [2.45, 2.75) is 33.0 Å². The highest BCUT2D eigenvalue weighted by molar-refractivity contribution is 6.01. The molecule has 0 fully saturated rings. The lowest BCUT2D eigenvalue weighted by Gasteiger charge is -2.14. The topological polar surface area (TPSA) is 55.2 Å². The van der Waals surface area contributed by atoms with Crippen LogP contribution < -0.4 is 0 Å². The Morgan fingerprint density at radius 1 is 0.788 bits per heavy atom. The van der Waals surface area contributed by atoms with Crippen molar-refractivity contribution in [1.29, 1.82) is 0 Å². The van der Waals surface area contributed by atoms with Crippen LogP contribution in [-0.2, 0) is 18.0 Å². The SMILES string of the molecule is CC(C)c1ccc(COCc2cc(-c3ccnc4ccccc34)c(O)c3ncccc23)cc1. The van der Waals surface area contributed by atoms with E-state index in [1.54, 1.807) is 12.4 Å². The zero-order valence-corrected chi connectivity index (χ0v) is 18.8. The summed E-state index contributed by atoms with van der Waals surface area (Å²) in [6, 6.07) is 24.3. The van der Waals surface area contributed by atoms with Crippen molar-refractivity contribution in [3.63, 3.8) is 0 Å². The number of nitrogens with zero attached hydrogens (tertiary/aromatic N) is 2. The van der Waals surface area contributed by atoms with E-state index in [9.17, 15) is 5.11 Å². The molecule has 0 amide bonds. The highest BCUT2D eigenvalue weighted by atomic mass is 16.5. The van der Waals surface area contributed by atoms with Crippen LogP contribution in [0, 0.1) is 0 Å². The molecular formula is C29H26N2O2. The Morgan fingerprint density at radius 2 is 1.58 bits per heavy atom. The number of hydrogen-bond acceptors (Lipinski definition) is 4. The lowest BCUT2D eigenvalue weighted by molar-refractivity contribution is 0.108. The minimum absolute atomic E-state index is 0.176. The molecule has 0 unspecified atom stereocenters. The summed E-state index contributed by atoms with van der Waals surface area (Å²) in [4.78, 5) is 8.94. The molecule has 0 bridgehead atoms. The Bertz CT molecular complexity index is 1420. The van der Waals surface area contributed by atoms with Crippen molar-refractivity contribution in [2.24, 2.45) is 0 Å². The van der Waals surface area contributed by atoms with Gasteiger partial charge < -0.3 is 9.84 Å². The lowest BCUT2D eigenvalue weighted by atomic mass is 9.96. The smallest absolute Gasteiger partial charge is 0.149 e. The average Bonchev–Trinajstić information content (AvgIpc) is 2.85. The molecule has 0 saturated heterocycles. The van der Waals surface area contributed by atoms with Crippen LogP contribution in [0.2, 0.25) is 0 Å². The number of benzene rings is 3. The first-order chi connectivity index (χ1) is 16.1. The van der Waals surface area contributed by atoms with Gasteiger partial charge in [-0.25, -0.2) is 0 Å². The van der Waals surface area contributed by atoms with Crippen LogP contribution in [0.4, 0.5) is 0 Å². The van der Waals surface area contributed by atoms with Gasteiger partial charge in [-0.3, -0.25) is 9.97 Å². The zero-order valence-electron chi connectivity index (χ0n) is 18.8. The van der Waals surface area contributed by atoms with Gasteiger partial charge in [0.25, 0.3) is 0 Å². The monoisotopic (exact) mass is 434 g/mol. The first-order valence-corrected chi connectivity index (χ1v) is 11.2. The Hall–Kier alpha value is -3.76. The van der Waals surface area contributed by atoms with E-state index in [1.807, 2.05) is 48.5 Å². The molecule has 1 N–H and O–H groups in total. The molecule has 33 heavy (non-hydrogen) atoms. The largest absolute Gasteiger partial charge is 0.505 e. The zero-order chi connectivity index (χ0) is 22.8. The maximum atomic E-state index is 11.1. The third kappa shape index (κ3) is 4.18. The van der Waals surface area contributed by atoms with E-state index in [0.29, 0.717) is 24.6 Å². The fourth-order valence-electron chi connectivity index (χ4n) is 4.23. The maximum Gasteiger partial charge on any atom is 0.149 e. The Labute approximate surface area is 193 Å². The highest BCUT2D eigenvalue weighted by Crippen LogP contribution is 2.39. The number of pyridine rings is 2. The third-order valence-electron chi connectivity index (χ3n) is 6.06. The molecular weight excluding hydrogens is 408 g/mol. The predicted octanol–water partition coefficient (Wildman–Crippen LogP) is 7.00. The molecule has 0 radical (unpaired) electrons. The summed E-state index contributed by atoms with van der Waals surface area (Å²) in [7, 11) is 0. The van der Waals surface area contributed by atoms with E-state index in [0.717, 1.165) is 38.5 Å². The second-order valence-electron chi connectivity index (χ2n) is 8.60. The molecule has 4 heteroatoms. The first kappa shape index (κ1) is 21.1. The molecule has 164 valence electrons. The van der Waals surface area contributed by atoms with E-state index in [1.165, 1.54) is 5.56 Å². The fourth-order valence-corrected chi connectivity index (χ4v) is 4.23. The molecule has 0 aliphatic rings. The summed E-state index contributed by atoms with van der Waals surface area (Å²) in [5.74, 6) is 0.688. The Kier molecular flexibility index (Phi) is 5.76. The molecule has 4 nitrogen and oxygen atoms in total. The van der Waals surface area contributed by atoms with Crippen LogP contribution in [0.25, 0.3) is 32.9 Å². The van der Waals surface area contributed by atoms with Gasteiger partial charge in [-0.2, -0.15) is 0 Å². The molecule has 2 heterocycles. The number of phenolic OH excluding ortho intramolecular Hbond substituents is 1. The van der Waals surface area contributed by atoms with E-state index < -0.39 is 0 Å². The van der Waals surface area contributed by atoms with Gasteiger partial charge in [0.05, 0.1) is 18.7 Å². The second kappa shape index (κ2) is 9.00. The average molecular weight is 435 g/mol. The lowest BCUT2D eigenvalue weighted by Crippen LogP contribution is -1.98. The number of phenols is 1. The summed E-state index contributed by atoms with van der Waals surface area (Å²) in [6.07, 6.45) is 3.48. The first-order valence-electron chi connectivity index (χ1n) is 11.2. The third-order valence-corrected chi connectivity index (χ3v) is 6.06. The van der Waals surface area contributed by atoms with Gasteiger partial charge in [0.1, 0.15) is 11.3 Å². The number of aromatic nitrogens is 2. The molecule has 5 rings (SSSR count). The van der Waals surface area contributed by atoms with Gasteiger partial charge >= 0.3 is 0 Å². The number of fused-ring (bicyclic) bond motifs is 2. The van der Waals surface area contributed by atoms with Crippen LogP contribution in [0.1, 0.15) is 36.5 Å². The summed E-state index contributed by atoms with van der Waals surface area (Å²) >= 11 is 0. The van der Waals surface area contributed by atoms with Gasteiger partial charge in [-0.05, 0) is 52.4 Å². The summed E-state index contributed by atoms with van der Waals surface area (Å²) in [5.41, 5.74) is 6.58. The molecule has 0 saturated carbocycles. The molecule has 5 aromatic rings. The van der Waals surface area contributed by atoms with Crippen molar-refractivity contribution in [3.05, 3.63) is 102 Å². The Morgan fingerprint density at radius 3 is 2.39 bits per heavy atom. The number of hydrogen-bond donors (Lipinski definition) is 1. The van der Waals surface area contributed by atoms with Crippen molar-refractivity contribution in [3.8, 4) is 16.9 Å². The van der Waals surface area contributed by atoms with Crippen molar-refractivity contribution >= 4 is 21.8 Å². The van der Waals surface area contributed by atoms with Crippen LogP contribution in [0.5, 0.6) is 5.75 Å². The molecule has 3 aromatic carbocycles. The number of para-hydroxylation sites is 1. The van der Waals surface area contributed by atoms with Crippen molar-refractivity contribution in [2.75, 3.05) is 0 Å². The van der Waals surface area contributed by atoms with E-state index in [4.69, 9.17) is 4.74 Å². The predicted molar refractivity (Wildman–Crippen MR) is 133 cm³/mol.